The Kier molecular flexibility index (Phi) is 11.3. The molecule has 0 bridgehead atoms. The lowest BCUT2D eigenvalue weighted by Crippen LogP contribution is -2.48. The number of aromatic nitrogens is 3. The lowest BCUT2D eigenvalue weighted by Gasteiger charge is -2.29. The Morgan fingerprint density at radius 3 is 2.39 bits per heavy atom. The molecule has 51 heavy (non-hydrogen) atoms. The lowest BCUT2D eigenvalue weighted by molar-refractivity contribution is -0.130. The van der Waals surface area contributed by atoms with Crippen LogP contribution in [0.1, 0.15) is 80.5 Å². The number of amides is 4. The molecule has 12 heteroatoms. The van der Waals surface area contributed by atoms with Crippen LogP contribution in [0.15, 0.2) is 60.8 Å². The summed E-state index contributed by atoms with van der Waals surface area (Å²) < 4.78 is 5.16. The number of aryl methyl sites for hydroxylation is 1. The number of ether oxygens (including phenoxy) is 1. The number of rotatable bonds is 12. The average Bonchev–Trinajstić information content (AvgIpc) is 3.57. The van der Waals surface area contributed by atoms with Crippen molar-refractivity contribution in [2.75, 3.05) is 11.9 Å². The summed E-state index contributed by atoms with van der Waals surface area (Å²) in [5.74, 6) is -0.567. The largest absolute Gasteiger partial charge is 0.447 e. The van der Waals surface area contributed by atoms with E-state index >= 15 is 0 Å². The Bertz CT molecular complexity index is 1860. The summed E-state index contributed by atoms with van der Waals surface area (Å²) in [5.41, 5.74) is 5.30. The predicted octanol–water partition coefficient (Wildman–Crippen LogP) is 5.82. The van der Waals surface area contributed by atoms with E-state index in [0.717, 1.165) is 65.4 Å². The SMILES string of the molecule is Cc1nc(C(=O)NC2CCC2)ccc1-c1ccc(C[C@H](NC(=O)C2CCC(CNC(=O)OC(C)C)CC2)C(=O)Nc2ccc3cn[nH]c3c2)cc1. The van der Waals surface area contributed by atoms with Crippen LogP contribution in [0.5, 0.6) is 0 Å². The molecule has 12 nitrogen and oxygen atoms in total. The van der Waals surface area contributed by atoms with Gasteiger partial charge in [0.15, 0.2) is 0 Å². The first-order chi connectivity index (χ1) is 24.6. The van der Waals surface area contributed by atoms with Crippen LogP contribution in [-0.2, 0) is 20.7 Å². The molecule has 2 aromatic heterocycles. The van der Waals surface area contributed by atoms with Crippen molar-refractivity contribution in [2.45, 2.75) is 90.3 Å². The number of carbonyl (C=O) groups excluding carboxylic acids is 4. The highest BCUT2D eigenvalue weighted by atomic mass is 16.6. The standard InChI is InChI=1S/C39H47N7O5/c1-23(2)51-39(50)40-21-26-9-13-28(14-10-26)36(47)45-35(38(49)44-31-16-15-29-22-41-46-34(29)20-31)19-25-7-11-27(12-8-25)32-17-18-33(42-24(32)3)37(48)43-30-5-4-6-30/h7-8,11-12,15-18,20,22-23,26,28,30,35H,4-6,9-10,13-14,19,21H2,1-3H3,(H,40,50)(H,41,46)(H,43,48)(H,44,49)(H,45,47)/t26?,28?,35-/m0/s1. The first-order valence-corrected chi connectivity index (χ1v) is 18.0. The van der Waals surface area contributed by atoms with Crippen molar-refractivity contribution in [3.8, 4) is 11.1 Å². The van der Waals surface area contributed by atoms with Gasteiger partial charge >= 0.3 is 6.09 Å². The van der Waals surface area contributed by atoms with Crippen molar-refractivity contribution in [1.29, 1.82) is 0 Å². The van der Waals surface area contributed by atoms with Crippen LogP contribution in [0.2, 0.25) is 0 Å². The zero-order chi connectivity index (χ0) is 35.9. The molecule has 4 aromatic rings. The molecular formula is C39H47N7O5. The van der Waals surface area contributed by atoms with Crippen LogP contribution in [0, 0.1) is 18.8 Å². The van der Waals surface area contributed by atoms with Crippen molar-refractivity contribution in [3.05, 3.63) is 77.7 Å². The second kappa shape index (κ2) is 16.2. The van der Waals surface area contributed by atoms with Crippen molar-refractivity contribution in [2.24, 2.45) is 11.8 Å². The quantitative estimate of drug-likeness (QED) is 0.125. The third-order valence-corrected chi connectivity index (χ3v) is 9.90. The van der Waals surface area contributed by atoms with Crippen LogP contribution in [-0.4, -0.2) is 63.7 Å². The summed E-state index contributed by atoms with van der Waals surface area (Å²) >= 11 is 0. The number of nitrogens with zero attached hydrogens (tertiary/aromatic N) is 2. The molecule has 6 rings (SSSR count). The molecule has 2 aliphatic rings. The topological polar surface area (TPSA) is 167 Å². The Hall–Kier alpha value is -5.26. The molecule has 0 aliphatic heterocycles. The van der Waals surface area contributed by atoms with Crippen LogP contribution in [0.25, 0.3) is 22.0 Å². The van der Waals surface area contributed by atoms with Gasteiger partial charge in [0.25, 0.3) is 5.91 Å². The molecule has 2 aromatic carbocycles. The van der Waals surface area contributed by atoms with E-state index in [0.29, 0.717) is 37.2 Å². The number of H-pyrrole nitrogens is 1. The minimum absolute atomic E-state index is 0.144. The minimum atomic E-state index is -0.817. The number of fused-ring (bicyclic) bond motifs is 1. The van der Waals surface area contributed by atoms with Gasteiger partial charge in [-0.2, -0.15) is 5.10 Å². The fraction of sp³-hybridized carbons (Fsp3) is 0.436. The highest BCUT2D eigenvalue weighted by molar-refractivity contribution is 5.99. The van der Waals surface area contributed by atoms with E-state index in [4.69, 9.17) is 4.74 Å². The van der Waals surface area contributed by atoms with Gasteiger partial charge in [0, 0.05) is 47.3 Å². The number of carbonyl (C=O) groups is 4. The minimum Gasteiger partial charge on any atom is -0.447 e. The average molecular weight is 694 g/mol. The summed E-state index contributed by atoms with van der Waals surface area (Å²) in [6.07, 6.45) is 7.51. The number of aromatic amines is 1. The summed E-state index contributed by atoms with van der Waals surface area (Å²) in [6, 6.07) is 16.5. The van der Waals surface area contributed by atoms with E-state index in [2.05, 4.69) is 36.4 Å². The highest BCUT2D eigenvalue weighted by Gasteiger charge is 2.30. The third kappa shape index (κ3) is 9.30. The predicted molar refractivity (Wildman–Crippen MR) is 195 cm³/mol. The van der Waals surface area contributed by atoms with Gasteiger partial charge in [-0.15, -0.1) is 0 Å². The molecule has 2 saturated carbocycles. The van der Waals surface area contributed by atoms with Crippen molar-refractivity contribution < 1.29 is 23.9 Å². The Balaban J connectivity index is 1.11. The van der Waals surface area contributed by atoms with E-state index < -0.39 is 12.1 Å². The molecule has 2 heterocycles. The second-order valence-electron chi connectivity index (χ2n) is 14.1. The molecule has 0 saturated heterocycles. The van der Waals surface area contributed by atoms with E-state index in [1.165, 1.54) is 0 Å². The first kappa shape index (κ1) is 35.6. The fourth-order valence-corrected chi connectivity index (χ4v) is 6.72. The molecule has 268 valence electrons. The monoisotopic (exact) mass is 693 g/mol. The van der Waals surface area contributed by atoms with Gasteiger partial charge in [-0.1, -0.05) is 30.3 Å². The van der Waals surface area contributed by atoms with E-state index in [-0.39, 0.29) is 41.7 Å². The molecule has 0 radical (unpaired) electrons. The number of pyridine rings is 1. The van der Waals surface area contributed by atoms with Gasteiger partial charge in [0.1, 0.15) is 11.7 Å². The Morgan fingerprint density at radius 2 is 1.71 bits per heavy atom. The van der Waals surface area contributed by atoms with Crippen molar-refractivity contribution in [1.82, 2.24) is 31.1 Å². The van der Waals surface area contributed by atoms with Gasteiger partial charge in [0.05, 0.1) is 17.8 Å². The molecule has 0 unspecified atom stereocenters. The van der Waals surface area contributed by atoms with Crippen LogP contribution in [0.3, 0.4) is 0 Å². The fourth-order valence-electron chi connectivity index (χ4n) is 6.72. The van der Waals surface area contributed by atoms with Crippen LogP contribution in [0.4, 0.5) is 10.5 Å². The zero-order valence-corrected chi connectivity index (χ0v) is 29.5. The lowest BCUT2D eigenvalue weighted by atomic mass is 9.81. The molecule has 2 fully saturated rings. The maximum absolute atomic E-state index is 13.8. The number of nitrogens with one attached hydrogen (secondary N) is 5. The van der Waals surface area contributed by atoms with Gasteiger partial charge in [-0.3, -0.25) is 19.5 Å². The molecule has 2 aliphatic carbocycles. The molecule has 1 atom stereocenters. The molecule has 4 amide bonds. The molecule has 0 spiro atoms. The smallest absolute Gasteiger partial charge is 0.407 e. The summed E-state index contributed by atoms with van der Waals surface area (Å²) in [7, 11) is 0. The maximum atomic E-state index is 13.8. The van der Waals surface area contributed by atoms with Gasteiger partial charge < -0.3 is 26.0 Å². The highest BCUT2D eigenvalue weighted by Crippen LogP contribution is 2.29. The summed E-state index contributed by atoms with van der Waals surface area (Å²) in [4.78, 5) is 56.5. The van der Waals surface area contributed by atoms with Crippen LogP contribution >= 0.6 is 0 Å². The van der Waals surface area contributed by atoms with Crippen molar-refractivity contribution in [3.63, 3.8) is 0 Å². The molecular weight excluding hydrogens is 646 g/mol. The first-order valence-electron chi connectivity index (χ1n) is 18.0. The zero-order valence-electron chi connectivity index (χ0n) is 29.5. The maximum Gasteiger partial charge on any atom is 0.407 e. The van der Waals surface area contributed by atoms with Crippen molar-refractivity contribution >= 4 is 40.4 Å². The third-order valence-electron chi connectivity index (χ3n) is 9.90. The number of anilines is 1. The Morgan fingerprint density at radius 1 is 0.941 bits per heavy atom. The van der Waals surface area contributed by atoms with Gasteiger partial charge in [0.2, 0.25) is 11.8 Å². The number of hydrogen-bond donors (Lipinski definition) is 5. The summed E-state index contributed by atoms with van der Waals surface area (Å²) in [5, 5.41) is 19.8. The van der Waals surface area contributed by atoms with E-state index in [1.807, 2.05) is 69.3 Å². The number of benzene rings is 2. The van der Waals surface area contributed by atoms with Gasteiger partial charge in [-0.25, -0.2) is 9.78 Å². The Labute approximate surface area is 297 Å². The second-order valence-corrected chi connectivity index (χ2v) is 14.1. The normalized spacial score (nSPS) is 18.0. The molecule has 5 N–H and O–H groups in total. The van der Waals surface area contributed by atoms with E-state index in [1.54, 1.807) is 12.3 Å². The number of alkyl carbamates (subject to hydrolysis) is 1. The van der Waals surface area contributed by atoms with Crippen LogP contribution < -0.4 is 21.3 Å². The number of hydrogen-bond acceptors (Lipinski definition) is 7. The van der Waals surface area contributed by atoms with Gasteiger partial charge in [-0.05, 0) is 107 Å². The van der Waals surface area contributed by atoms with E-state index in [9.17, 15) is 19.2 Å². The summed E-state index contributed by atoms with van der Waals surface area (Å²) in [6.45, 7) is 6.02.